The number of nitrogens with one attached hydrogen (secondary N) is 1. The molecule has 1 saturated carbocycles. The molecular weight excluding hydrogens is 476 g/mol. The van der Waals surface area contributed by atoms with Crippen LogP contribution < -0.4 is 11.1 Å². The summed E-state index contributed by atoms with van der Waals surface area (Å²) in [4.78, 5) is 40.8. The van der Waals surface area contributed by atoms with E-state index in [2.05, 4.69) is 30.6 Å². The molecular formula is C24H34N10O3. The first-order valence-electron chi connectivity index (χ1n) is 12.7. The molecule has 4 heterocycles. The van der Waals surface area contributed by atoms with Crippen LogP contribution in [0.25, 0.3) is 11.2 Å². The van der Waals surface area contributed by atoms with Crippen molar-refractivity contribution in [1.82, 2.24) is 44.7 Å². The summed E-state index contributed by atoms with van der Waals surface area (Å²) in [5, 5.41) is 21.9. The van der Waals surface area contributed by atoms with Gasteiger partial charge in [-0.3, -0.25) is 9.59 Å². The van der Waals surface area contributed by atoms with E-state index in [9.17, 15) is 14.7 Å². The third-order valence-electron chi connectivity index (χ3n) is 7.01. The second-order valence-electron chi connectivity index (χ2n) is 11.1. The fraction of sp³-hybridized carbons (Fsp3) is 0.625. The van der Waals surface area contributed by atoms with Gasteiger partial charge in [0.15, 0.2) is 11.5 Å². The van der Waals surface area contributed by atoms with Crippen molar-refractivity contribution in [2.75, 3.05) is 18.8 Å². The van der Waals surface area contributed by atoms with Crippen LogP contribution in [0.2, 0.25) is 0 Å². The van der Waals surface area contributed by atoms with Crippen molar-refractivity contribution >= 4 is 28.8 Å². The molecule has 2 fully saturated rings. The number of nitrogens with two attached hydrogens (primary N) is 1. The highest BCUT2D eigenvalue weighted by molar-refractivity contribution is 5.90. The highest BCUT2D eigenvalue weighted by Gasteiger charge is 2.45. The van der Waals surface area contributed by atoms with Crippen LogP contribution in [0.1, 0.15) is 64.1 Å². The number of aryl methyl sites for hydroxylation is 1. The van der Waals surface area contributed by atoms with Gasteiger partial charge in [-0.25, -0.2) is 19.6 Å². The predicted molar refractivity (Wildman–Crippen MR) is 134 cm³/mol. The van der Waals surface area contributed by atoms with Crippen LogP contribution in [-0.4, -0.2) is 81.6 Å². The summed E-state index contributed by atoms with van der Waals surface area (Å²) in [5.74, 6) is 0.224. The van der Waals surface area contributed by atoms with E-state index in [-0.39, 0.29) is 24.8 Å². The van der Waals surface area contributed by atoms with E-state index in [1.807, 2.05) is 31.5 Å². The quantitative estimate of drug-likeness (QED) is 0.368. The van der Waals surface area contributed by atoms with Gasteiger partial charge in [-0.2, -0.15) is 0 Å². The van der Waals surface area contributed by atoms with Crippen LogP contribution in [0.15, 0.2) is 18.9 Å². The van der Waals surface area contributed by atoms with Gasteiger partial charge in [0.1, 0.15) is 23.9 Å². The number of rotatable bonds is 8. The van der Waals surface area contributed by atoms with E-state index in [1.165, 1.54) is 11.2 Å². The van der Waals surface area contributed by atoms with Gasteiger partial charge in [0, 0.05) is 38.2 Å². The normalized spacial score (nSPS) is 20.9. The monoisotopic (exact) mass is 510 g/mol. The number of imidazole rings is 1. The van der Waals surface area contributed by atoms with Crippen LogP contribution >= 0.6 is 0 Å². The van der Waals surface area contributed by atoms with E-state index < -0.39 is 23.6 Å². The average molecular weight is 511 g/mol. The third-order valence-corrected chi connectivity index (χ3v) is 7.01. The highest BCUT2D eigenvalue weighted by atomic mass is 16.3. The van der Waals surface area contributed by atoms with E-state index in [0.29, 0.717) is 42.4 Å². The third kappa shape index (κ3) is 5.13. The fourth-order valence-corrected chi connectivity index (χ4v) is 4.97. The van der Waals surface area contributed by atoms with Crippen molar-refractivity contribution in [3.8, 4) is 0 Å². The Bertz CT molecular complexity index is 1290. The SMILES string of the molecule is CC(C)(C)C(C(=O)N1CC(O)CC1C(=O)NCCCn1cnc2c(N)ncnc21)n1cc(C2CC2)nn1. The summed E-state index contributed by atoms with van der Waals surface area (Å²) in [6, 6.07) is -1.39. The highest BCUT2D eigenvalue weighted by Crippen LogP contribution is 2.40. The molecule has 1 aliphatic carbocycles. The van der Waals surface area contributed by atoms with Crippen molar-refractivity contribution in [2.45, 2.75) is 77.1 Å². The zero-order chi connectivity index (χ0) is 26.3. The summed E-state index contributed by atoms with van der Waals surface area (Å²) in [7, 11) is 0. The minimum Gasteiger partial charge on any atom is -0.391 e. The second kappa shape index (κ2) is 9.69. The lowest BCUT2D eigenvalue weighted by Gasteiger charge is -2.34. The number of aliphatic hydroxyl groups excluding tert-OH is 1. The van der Waals surface area contributed by atoms with Gasteiger partial charge < -0.3 is 25.6 Å². The molecule has 13 heteroatoms. The maximum absolute atomic E-state index is 13.8. The summed E-state index contributed by atoms with van der Waals surface area (Å²) in [6.45, 7) is 6.97. The number of hydrogen-bond acceptors (Lipinski definition) is 9. The van der Waals surface area contributed by atoms with Crippen LogP contribution in [0, 0.1) is 5.41 Å². The molecule has 4 N–H and O–H groups in total. The first-order chi connectivity index (χ1) is 17.6. The number of likely N-dealkylation sites (tertiary alicyclic amines) is 1. The van der Waals surface area contributed by atoms with Gasteiger partial charge in [0.2, 0.25) is 11.8 Å². The molecule has 0 spiro atoms. The molecule has 3 aromatic heterocycles. The zero-order valence-corrected chi connectivity index (χ0v) is 21.4. The van der Waals surface area contributed by atoms with Crippen molar-refractivity contribution in [2.24, 2.45) is 5.41 Å². The lowest BCUT2D eigenvalue weighted by atomic mass is 9.85. The summed E-state index contributed by atoms with van der Waals surface area (Å²) in [5.41, 5.74) is 7.45. The largest absolute Gasteiger partial charge is 0.391 e. The van der Waals surface area contributed by atoms with Crippen LogP contribution in [0.3, 0.4) is 0 Å². The molecule has 0 aromatic carbocycles. The molecule has 3 aromatic rings. The summed E-state index contributed by atoms with van der Waals surface area (Å²) in [6.07, 6.45) is 7.13. The minimum absolute atomic E-state index is 0.107. The summed E-state index contributed by atoms with van der Waals surface area (Å²) >= 11 is 0. The smallest absolute Gasteiger partial charge is 0.248 e. The van der Waals surface area contributed by atoms with Gasteiger partial charge >= 0.3 is 0 Å². The van der Waals surface area contributed by atoms with Crippen molar-refractivity contribution in [3.05, 3.63) is 24.5 Å². The Kier molecular flexibility index (Phi) is 6.56. The van der Waals surface area contributed by atoms with Crippen molar-refractivity contribution < 1.29 is 14.7 Å². The number of amides is 2. The minimum atomic E-state index is -0.763. The topological polar surface area (TPSA) is 170 Å². The average Bonchev–Trinajstić information content (AvgIpc) is 3.23. The second-order valence-corrected chi connectivity index (χ2v) is 11.1. The molecule has 2 amide bonds. The first-order valence-corrected chi connectivity index (χ1v) is 12.7. The molecule has 13 nitrogen and oxygen atoms in total. The van der Waals surface area contributed by atoms with Crippen LogP contribution in [0.5, 0.6) is 0 Å². The van der Waals surface area contributed by atoms with E-state index in [1.54, 1.807) is 11.0 Å². The van der Waals surface area contributed by atoms with E-state index in [0.717, 1.165) is 18.5 Å². The Morgan fingerprint density at radius 1 is 1.24 bits per heavy atom. The fourth-order valence-electron chi connectivity index (χ4n) is 4.97. The lowest BCUT2D eigenvalue weighted by Crippen LogP contribution is -2.50. The molecule has 37 heavy (non-hydrogen) atoms. The number of nitrogen functional groups attached to an aromatic ring is 1. The van der Waals surface area contributed by atoms with Gasteiger partial charge in [-0.1, -0.05) is 26.0 Å². The number of nitrogens with zero attached hydrogens (tertiary/aromatic N) is 8. The molecule has 0 radical (unpaired) electrons. The van der Waals surface area contributed by atoms with E-state index in [4.69, 9.17) is 5.73 Å². The predicted octanol–water partition coefficient (Wildman–Crippen LogP) is 0.633. The van der Waals surface area contributed by atoms with Crippen molar-refractivity contribution in [1.29, 1.82) is 0 Å². The number of aliphatic hydroxyl groups is 1. The molecule has 2 aliphatic rings. The molecule has 1 saturated heterocycles. The Balaban J connectivity index is 1.23. The maximum atomic E-state index is 13.8. The molecule has 5 rings (SSSR count). The summed E-state index contributed by atoms with van der Waals surface area (Å²) < 4.78 is 3.48. The number of hydrogen-bond donors (Lipinski definition) is 3. The number of carbonyl (C=O) groups excluding carboxylic acids is 2. The van der Waals surface area contributed by atoms with Crippen molar-refractivity contribution in [3.63, 3.8) is 0 Å². The molecule has 0 bridgehead atoms. The lowest BCUT2D eigenvalue weighted by molar-refractivity contribution is -0.144. The Hall–Kier alpha value is -3.61. The Morgan fingerprint density at radius 3 is 2.76 bits per heavy atom. The van der Waals surface area contributed by atoms with Crippen LogP contribution in [-0.2, 0) is 16.1 Å². The molecule has 198 valence electrons. The number of carbonyl (C=O) groups is 2. The van der Waals surface area contributed by atoms with Gasteiger partial charge in [0.25, 0.3) is 0 Å². The molecule has 3 unspecified atom stereocenters. The first kappa shape index (κ1) is 25.1. The zero-order valence-electron chi connectivity index (χ0n) is 21.4. The van der Waals surface area contributed by atoms with Gasteiger partial charge in [0.05, 0.1) is 18.1 Å². The molecule has 1 aliphatic heterocycles. The number of fused-ring (bicyclic) bond motifs is 1. The number of anilines is 1. The van der Waals surface area contributed by atoms with Crippen LogP contribution in [0.4, 0.5) is 5.82 Å². The number of β-amino-alcohol motifs (C(OH)–C–C–N with tert-alkyl or cyclic N) is 1. The Morgan fingerprint density at radius 2 is 2.03 bits per heavy atom. The van der Waals surface area contributed by atoms with Gasteiger partial charge in [-0.15, -0.1) is 5.10 Å². The van der Waals surface area contributed by atoms with Gasteiger partial charge in [-0.05, 0) is 24.7 Å². The standard InChI is InChI=1S/C24H34N10O3/c1-24(2,3)19(34-11-16(30-31-34)14-5-6-14)23(37)33-10-15(35)9-17(33)22(36)26-7-4-8-32-13-29-18-20(25)27-12-28-21(18)32/h11-15,17,19,35H,4-10H2,1-3H3,(H,26,36)(H2,25,27,28). The number of aromatic nitrogens is 7. The van der Waals surface area contributed by atoms with E-state index >= 15 is 0 Å². The molecule has 3 atom stereocenters. The Labute approximate surface area is 214 Å². The maximum Gasteiger partial charge on any atom is 0.248 e.